The normalized spacial score (nSPS) is 16.9. The van der Waals surface area contributed by atoms with Gasteiger partial charge in [0, 0.05) is 12.6 Å². The van der Waals surface area contributed by atoms with Gasteiger partial charge in [-0.15, -0.1) is 0 Å². The lowest BCUT2D eigenvalue weighted by atomic mass is 10.2. The molecule has 0 heterocycles. The van der Waals surface area contributed by atoms with Crippen molar-refractivity contribution >= 4 is 5.97 Å². The summed E-state index contributed by atoms with van der Waals surface area (Å²) in [6, 6.07) is 0.530. The Morgan fingerprint density at radius 1 is 1.33 bits per heavy atom. The second kappa shape index (κ2) is 8.48. The van der Waals surface area contributed by atoms with E-state index < -0.39 is 0 Å². The third kappa shape index (κ3) is 5.36. The van der Waals surface area contributed by atoms with Crippen molar-refractivity contribution in [3.63, 3.8) is 0 Å². The Bertz CT molecular complexity index is 242. The molecule has 106 valence electrons. The van der Waals surface area contributed by atoms with Crippen LogP contribution < -0.4 is 5.32 Å². The molecule has 1 unspecified atom stereocenters. The maximum Gasteiger partial charge on any atom is 0.324 e. The minimum Gasteiger partial charge on any atom is -0.465 e. The Balaban J connectivity index is 2.48. The second-order valence-corrected chi connectivity index (χ2v) is 4.98. The van der Waals surface area contributed by atoms with Gasteiger partial charge in [0.05, 0.1) is 6.61 Å². The zero-order valence-electron chi connectivity index (χ0n) is 12.1. The highest BCUT2D eigenvalue weighted by Gasteiger charge is 2.32. The number of esters is 1. The van der Waals surface area contributed by atoms with E-state index in [1.54, 1.807) is 0 Å². The third-order valence-corrected chi connectivity index (χ3v) is 3.20. The fraction of sp³-hybridized carbons (Fsp3) is 0.929. The fourth-order valence-electron chi connectivity index (χ4n) is 2.17. The molecule has 18 heavy (non-hydrogen) atoms. The number of rotatable bonds is 10. The van der Waals surface area contributed by atoms with Gasteiger partial charge in [-0.25, -0.2) is 0 Å². The van der Waals surface area contributed by atoms with Gasteiger partial charge in [0.25, 0.3) is 0 Å². The topological polar surface area (TPSA) is 41.6 Å². The molecule has 1 aliphatic rings. The number of ether oxygens (including phenoxy) is 1. The summed E-state index contributed by atoms with van der Waals surface area (Å²) < 4.78 is 5.15. The zero-order valence-corrected chi connectivity index (χ0v) is 12.1. The standard InChI is InChI=1S/C14H28N2O2/c1-4-9-15-13(14(17)18-6-3)11-16(10-5-2)12-7-8-12/h12-13,15H,4-11H2,1-3H3. The van der Waals surface area contributed by atoms with E-state index in [2.05, 4.69) is 24.1 Å². The van der Waals surface area contributed by atoms with Gasteiger partial charge in [-0.05, 0) is 45.7 Å². The summed E-state index contributed by atoms with van der Waals surface area (Å²) in [6.45, 7) is 9.35. The Morgan fingerprint density at radius 3 is 2.56 bits per heavy atom. The number of carbonyl (C=O) groups is 1. The van der Waals surface area contributed by atoms with Crippen LogP contribution >= 0.6 is 0 Å². The van der Waals surface area contributed by atoms with E-state index in [9.17, 15) is 4.79 Å². The van der Waals surface area contributed by atoms with Crippen LogP contribution in [0, 0.1) is 0 Å². The highest BCUT2D eigenvalue weighted by molar-refractivity contribution is 5.76. The lowest BCUT2D eigenvalue weighted by Gasteiger charge is -2.26. The Morgan fingerprint density at radius 2 is 2.06 bits per heavy atom. The van der Waals surface area contributed by atoms with Gasteiger partial charge in [0.2, 0.25) is 0 Å². The van der Waals surface area contributed by atoms with Crippen molar-refractivity contribution in [2.24, 2.45) is 0 Å². The molecule has 4 heteroatoms. The van der Waals surface area contributed by atoms with Crippen molar-refractivity contribution in [3.8, 4) is 0 Å². The molecule has 0 aromatic heterocycles. The third-order valence-electron chi connectivity index (χ3n) is 3.20. The van der Waals surface area contributed by atoms with Crippen LogP contribution in [-0.2, 0) is 9.53 Å². The van der Waals surface area contributed by atoms with Crippen molar-refractivity contribution in [2.75, 3.05) is 26.2 Å². The monoisotopic (exact) mass is 256 g/mol. The molecule has 0 amide bonds. The lowest BCUT2D eigenvalue weighted by Crippen LogP contribution is -2.48. The average Bonchev–Trinajstić information content (AvgIpc) is 3.17. The number of carbonyl (C=O) groups excluding carboxylic acids is 1. The molecule has 1 rings (SSSR count). The van der Waals surface area contributed by atoms with E-state index in [1.165, 1.54) is 12.8 Å². The number of hydrogen-bond donors (Lipinski definition) is 1. The molecule has 0 aromatic carbocycles. The Labute approximate surface area is 111 Å². The van der Waals surface area contributed by atoms with Crippen molar-refractivity contribution in [2.45, 2.75) is 58.5 Å². The molecule has 1 fully saturated rings. The molecule has 1 saturated carbocycles. The molecule has 4 nitrogen and oxygen atoms in total. The van der Waals surface area contributed by atoms with Gasteiger partial charge >= 0.3 is 5.97 Å². The molecule has 1 aliphatic carbocycles. The van der Waals surface area contributed by atoms with Crippen LogP contribution in [0.4, 0.5) is 0 Å². The summed E-state index contributed by atoms with van der Waals surface area (Å²) in [5.41, 5.74) is 0. The Hall–Kier alpha value is -0.610. The van der Waals surface area contributed by atoms with Crippen LogP contribution in [0.15, 0.2) is 0 Å². The van der Waals surface area contributed by atoms with E-state index in [4.69, 9.17) is 4.74 Å². The maximum absolute atomic E-state index is 11.9. The molecular weight excluding hydrogens is 228 g/mol. The SMILES string of the molecule is CCCNC(CN(CCC)C1CC1)C(=O)OCC. The van der Waals surface area contributed by atoms with Crippen LogP contribution in [0.2, 0.25) is 0 Å². The average molecular weight is 256 g/mol. The number of nitrogens with one attached hydrogen (secondary N) is 1. The maximum atomic E-state index is 11.9. The van der Waals surface area contributed by atoms with Gasteiger partial charge in [-0.2, -0.15) is 0 Å². The predicted octanol–water partition coefficient (Wildman–Crippen LogP) is 1.79. The zero-order chi connectivity index (χ0) is 13.4. The van der Waals surface area contributed by atoms with Gasteiger partial charge < -0.3 is 10.1 Å². The highest BCUT2D eigenvalue weighted by Crippen LogP contribution is 2.27. The number of hydrogen-bond acceptors (Lipinski definition) is 4. The van der Waals surface area contributed by atoms with Gasteiger partial charge in [0.1, 0.15) is 6.04 Å². The fourth-order valence-corrected chi connectivity index (χ4v) is 2.17. The quantitative estimate of drug-likeness (QED) is 0.605. The molecule has 1 N–H and O–H groups in total. The van der Waals surface area contributed by atoms with Crippen LogP contribution in [0.25, 0.3) is 0 Å². The minimum atomic E-state index is -0.169. The van der Waals surface area contributed by atoms with Gasteiger partial charge in [-0.3, -0.25) is 9.69 Å². The van der Waals surface area contributed by atoms with Gasteiger partial charge in [-0.1, -0.05) is 13.8 Å². The van der Waals surface area contributed by atoms with Crippen molar-refractivity contribution in [1.29, 1.82) is 0 Å². The van der Waals surface area contributed by atoms with Crippen molar-refractivity contribution in [1.82, 2.24) is 10.2 Å². The first kappa shape index (κ1) is 15.4. The lowest BCUT2D eigenvalue weighted by molar-refractivity contribution is -0.146. The van der Waals surface area contributed by atoms with Gasteiger partial charge in [0.15, 0.2) is 0 Å². The van der Waals surface area contributed by atoms with Crippen LogP contribution in [0.1, 0.15) is 46.5 Å². The molecule has 0 saturated heterocycles. The molecule has 0 aromatic rings. The summed E-state index contributed by atoms with van der Waals surface area (Å²) >= 11 is 0. The highest BCUT2D eigenvalue weighted by atomic mass is 16.5. The summed E-state index contributed by atoms with van der Waals surface area (Å²) in [6.07, 6.45) is 4.74. The van der Waals surface area contributed by atoms with Crippen LogP contribution in [0.3, 0.4) is 0 Å². The van der Waals surface area contributed by atoms with Crippen molar-refractivity contribution in [3.05, 3.63) is 0 Å². The molecule has 0 bridgehead atoms. The predicted molar refractivity (Wildman–Crippen MR) is 73.6 cm³/mol. The molecule has 0 radical (unpaired) electrons. The summed E-state index contributed by atoms with van der Waals surface area (Å²) in [7, 11) is 0. The van der Waals surface area contributed by atoms with Crippen molar-refractivity contribution < 1.29 is 9.53 Å². The summed E-state index contributed by atoms with van der Waals surface area (Å²) in [4.78, 5) is 14.4. The Kier molecular flexibility index (Phi) is 7.28. The second-order valence-electron chi connectivity index (χ2n) is 4.98. The minimum absolute atomic E-state index is 0.104. The van der Waals surface area contributed by atoms with E-state index >= 15 is 0 Å². The first-order valence-corrected chi connectivity index (χ1v) is 7.36. The molecular formula is C14H28N2O2. The summed E-state index contributed by atoms with van der Waals surface area (Å²) in [5.74, 6) is -0.104. The first-order valence-electron chi connectivity index (χ1n) is 7.36. The smallest absolute Gasteiger partial charge is 0.324 e. The molecule has 0 spiro atoms. The van der Waals surface area contributed by atoms with Crippen LogP contribution in [0.5, 0.6) is 0 Å². The van der Waals surface area contributed by atoms with E-state index in [-0.39, 0.29) is 12.0 Å². The van der Waals surface area contributed by atoms with E-state index in [0.717, 1.165) is 32.5 Å². The molecule has 1 atom stereocenters. The largest absolute Gasteiger partial charge is 0.465 e. The number of nitrogens with zero attached hydrogens (tertiary/aromatic N) is 1. The summed E-state index contributed by atoms with van der Waals surface area (Å²) in [5, 5.41) is 3.31. The van der Waals surface area contributed by atoms with E-state index in [0.29, 0.717) is 12.6 Å². The molecule has 0 aliphatic heterocycles. The van der Waals surface area contributed by atoms with E-state index in [1.807, 2.05) is 6.92 Å². The first-order chi connectivity index (χ1) is 8.72. The van der Waals surface area contributed by atoms with Crippen LogP contribution in [-0.4, -0.2) is 49.2 Å².